The van der Waals surface area contributed by atoms with E-state index >= 15 is 0 Å². The molecule has 1 fully saturated rings. The van der Waals surface area contributed by atoms with Gasteiger partial charge in [0, 0.05) is 50.3 Å². The van der Waals surface area contributed by atoms with E-state index in [1.54, 1.807) is 0 Å². The van der Waals surface area contributed by atoms with Crippen LogP contribution in [0.25, 0.3) is 0 Å². The van der Waals surface area contributed by atoms with Crippen LogP contribution in [-0.2, 0) is 4.74 Å². The van der Waals surface area contributed by atoms with Crippen LogP contribution in [0.4, 0.5) is 0 Å². The summed E-state index contributed by atoms with van der Waals surface area (Å²) in [4.78, 5) is 7.27. The zero-order valence-electron chi connectivity index (χ0n) is 17.4. The van der Waals surface area contributed by atoms with Gasteiger partial charge >= 0.3 is 0 Å². The molecule has 1 rings (SSSR count). The molecule has 26 heavy (non-hydrogen) atoms. The molecular weight excluding hydrogens is 443 g/mol. The first-order chi connectivity index (χ1) is 11.9. The SMILES string of the molecule is CCNC(=NCC1(CCO)CCOC1)NCCCN(C(C)C)C(C)C.I. The van der Waals surface area contributed by atoms with Crippen molar-refractivity contribution in [3.63, 3.8) is 0 Å². The second kappa shape index (κ2) is 14.0. The van der Waals surface area contributed by atoms with E-state index in [0.29, 0.717) is 25.2 Å². The summed E-state index contributed by atoms with van der Waals surface area (Å²) in [6.45, 7) is 16.3. The van der Waals surface area contributed by atoms with Crippen molar-refractivity contribution in [2.75, 3.05) is 46.0 Å². The summed E-state index contributed by atoms with van der Waals surface area (Å²) >= 11 is 0. The summed E-state index contributed by atoms with van der Waals surface area (Å²) in [5, 5.41) is 16.1. The molecule has 1 saturated heterocycles. The van der Waals surface area contributed by atoms with Crippen LogP contribution >= 0.6 is 24.0 Å². The summed E-state index contributed by atoms with van der Waals surface area (Å²) < 4.78 is 5.55. The highest BCUT2D eigenvalue weighted by Gasteiger charge is 2.34. The lowest BCUT2D eigenvalue weighted by atomic mass is 9.84. The average molecular weight is 484 g/mol. The van der Waals surface area contributed by atoms with E-state index in [9.17, 15) is 5.11 Å². The fourth-order valence-electron chi connectivity index (χ4n) is 3.46. The zero-order valence-corrected chi connectivity index (χ0v) is 19.7. The number of aliphatic imine (C=N–C) groups is 1. The molecular formula is C19H41IN4O2. The van der Waals surface area contributed by atoms with E-state index in [0.717, 1.165) is 51.5 Å². The van der Waals surface area contributed by atoms with Gasteiger partial charge in [0.15, 0.2) is 5.96 Å². The smallest absolute Gasteiger partial charge is 0.191 e. The third-order valence-electron chi connectivity index (χ3n) is 4.96. The molecule has 0 radical (unpaired) electrons. The second-order valence-electron chi connectivity index (χ2n) is 7.68. The van der Waals surface area contributed by atoms with Crippen LogP contribution in [0.2, 0.25) is 0 Å². The Kier molecular flexibility index (Phi) is 13.9. The van der Waals surface area contributed by atoms with Crippen LogP contribution in [-0.4, -0.2) is 74.0 Å². The van der Waals surface area contributed by atoms with Crippen LogP contribution in [0.5, 0.6) is 0 Å². The quantitative estimate of drug-likeness (QED) is 0.182. The first kappa shape index (κ1) is 25.9. The first-order valence-electron chi connectivity index (χ1n) is 9.90. The Morgan fingerprint density at radius 1 is 1.23 bits per heavy atom. The topological polar surface area (TPSA) is 69.1 Å². The summed E-state index contributed by atoms with van der Waals surface area (Å²) in [5.74, 6) is 0.868. The largest absolute Gasteiger partial charge is 0.396 e. The molecule has 0 aromatic heterocycles. The van der Waals surface area contributed by atoms with Gasteiger partial charge in [-0.15, -0.1) is 24.0 Å². The standard InChI is InChI=1S/C19H40N4O2.HI/c1-6-20-18(21-10-7-11-23(16(2)3)17(4)5)22-14-19(8-12-24)9-13-25-15-19;/h16-17,24H,6-15H2,1-5H3,(H2,20,21,22);1H. The fraction of sp³-hybridized carbons (Fsp3) is 0.947. The van der Waals surface area contributed by atoms with Crippen LogP contribution in [0.15, 0.2) is 4.99 Å². The zero-order chi connectivity index (χ0) is 18.7. The molecule has 1 atom stereocenters. The lowest BCUT2D eigenvalue weighted by Crippen LogP contribution is -2.42. The lowest BCUT2D eigenvalue weighted by molar-refractivity contribution is 0.131. The van der Waals surface area contributed by atoms with Gasteiger partial charge in [-0.25, -0.2) is 0 Å². The van der Waals surface area contributed by atoms with Crippen LogP contribution in [0, 0.1) is 5.41 Å². The van der Waals surface area contributed by atoms with Gasteiger partial charge in [0.1, 0.15) is 0 Å². The van der Waals surface area contributed by atoms with E-state index in [1.807, 2.05) is 0 Å². The number of ether oxygens (including phenoxy) is 1. The number of rotatable bonds is 11. The number of hydrogen-bond donors (Lipinski definition) is 3. The first-order valence-corrected chi connectivity index (χ1v) is 9.90. The maximum Gasteiger partial charge on any atom is 0.191 e. The Bertz CT molecular complexity index is 378. The minimum Gasteiger partial charge on any atom is -0.396 e. The monoisotopic (exact) mass is 484 g/mol. The molecule has 6 nitrogen and oxygen atoms in total. The normalized spacial score (nSPS) is 20.7. The number of aliphatic hydroxyl groups is 1. The molecule has 0 bridgehead atoms. The summed E-state index contributed by atoms with van der Waals surface area (Å²) in [7, 11) is 0. The molecule has 0 amide bonds. The maximum atomic E-state index is 9.34. The Labute approximate surface area is 177 Å². The third-order valence-corrected chi connectivity index (χ3v) is 4.96. The number of hydrogen-bond acceptors (Lipinski definition) is 4. The highest BCUT2D eigenvalue weighted by atomic mass is 127. The Morgan fingerprint density at radius 2 is 1.92 bits per heavy atom. The van der Waals surface area contributed by atoms with Gasteiger partial charge in [-0.1, -0.05) is 0 Å². The molecule has 1 unspecified atom stereocenters. The average Bonchev–Trinajstić information content (AvgIpc) is 3.00. The van der Waals surface area contributed by atoms with Crippen molar-refractivity contribution in [3.05, 3.63) is 0 Å². The molecule has 0 aliphatic carbocycles. The predicted octanol–water partition coefficient (Wildman–Crippen LogP) is 2.46. The lowest BCUT2D eigenvalue weighted by Gasteiger charge is -2.30. The Hall–Kier alpha value is -0.120. The van der Waals surface area contributed by atoms with E-state index < -0.39 is 0 Å². The Balaban J connectivity index is 0.00000625. The second-order valence-corrected chi connectivity index (χ2v) is 7.68. The van der Waals surface area contributed by atoms with Crippen LogP contribution in [0.3, 0.4) is 0 Å². The van der Waals surface area contributed by atoms with E-state index in [4.69, 9.17) is 9.73 Å². The van der Waals surface area contributed by atoms with Gasteiger partial charge in [-0.05, 0) is 53.9 Å². The molecule has 0 aromatic carbocycles. The van der Waals surface area contributed by atoms with Crippen molar-refractivity contribution in [2.45, 2.75) is 66.0 Å². The van der Waals surface area contributed by atoms with Crippen molar-refractivity contribution < 1.29 is 9.84 Å². The van der Waals surface area contributed by atoms with Crippen molar-refractivity contribution in [1.82, 2.24) is 15.5 Å². The van der Waals surface area contributed by atoms with Crippen LogP contribution < -0.4 is 10.6 Å². The van der Waals surface area contributed by atoms with E-state index in [2.05, 4.69) is 50.2 Å². The van der Waals surface area contributed by atoms with Crippen molar-refractivity contribution in [1.29, 1.82) is 0 Å². The van der Waals surface area contributed by atoms with Crippen molar-refractivity contribution >= 4 is 29.9 Å². The van der Waals surface area contributed by atoms with Gasteiger partial charge in [-0.3, -0.25) is 9.89 Å². The Morgan fingerprint density at radius 3 is 2.42 bits per heavy atom. The summed E-state index contributed by atoms with van der Waals surface area (Å²) in [6, 6.07) is 1.14. The van der Waals surface area contributed by atoms with E-state index in [1.165, 1.54) is 0 Å². The molecule has 0 spiro atoms. The third kappa shape index (κ3) is 9.19. The molecule has 1 aliphatic heterocycles. The molecule has 0 aromatic rings. The number of guanidine groups is 1. The fourth-order valence-corrected chi connectivity index (χ4v) is 3.46. The number of halogens is 1. The minimum absolute atomic E-state index is 0. The number of nitrogens with one attached hydrogen (secondary N) is 2. The van der Waals surface area contributed by atoms with E-state index in [-0.39, 0.29) is 36.0 Å². The van der Waals surface area contributed by atoms with Gasteiger partial charge in [0.2, 0.25) is 0 Å². The number of nitrogens with zero attached hydrogens (tertiary/aromatic N) is 2. The maximum absolute atomic E-state index is 9.34. The van der Waals surface area contributed by atoms with Crippen molar-refractivity contribution in [2.24, 2.45) is 10.4 Å². The molecule has 1 aliphatic rings. The molecule has 156 valence electrons. The summed E-state index contributed by atoms with van der Waals surface area (Å²) in [5.41, 5.74) is 0.00316. The number of aliphatic hydroxyl groups excluding tert-OH is 1. The van der Waals surface area contributed by atoms with Gasteiger partial charge in [0.25, 0.3) is 0 Å². The predicted molar refractivity (Wildman–Crippen MR) is 121 cm³/mol. The van der Waals surface area contributed by atoms with Gasteiger partial charge in [0.05, 0.1) is 13.2 Å². The van der Waals surface area contributed by atoms with Gasteiger partial charge < -0.3 is 20.5 Å². The van der Waals surface area contributed by atoms with Gasteiger partial charge in [-0.2, -0.15) is 0 Å². The minimum atomic E-state index is 0. The molecule has 3 N–H and O–H groups in total. The van der Waals surface area contributed by atoms with Crippen LogP contribution in [0.1, 0.15) is 53.9 Å². The molecule has 0 saturated carbocycles. The highest BCUT2D eigenvalue weighted by Crippen LogP contribution is 2.32. The highest BCUT2D eigenvalue weighted by molar-refractivity contribution is 14.0. The summed E-state index contributed by atoms with van der Waals surface area (Å²) in [6.07, 6.45) is 2.83. The van der Waals surface area contributed by atoms with Crippen molar-refractivity contribution in [3.8, 4) is 0 Å². The molecule has 7 heteroatoms. The molecule has 1 heterocycles.